The van der Waals surface area contributed by atoms with Crippen molar-refractivity contribution in [3.8, 4) is 5.88 Å². The van der Waals surface area contributed by atoms with Gasteiger partial charge >= 0.3 is 0 Å². The lowest BCUT2D eigenvalue weighted by atomic mass is 9.98. The van der Waals surface area contributed by atoms with Crippen LogP contribution in [0.4, 0.5) is 5.82 Å². The molecule has 5 heteroatoms. The van der Waals surface area contributed by atoms with Gasteiger partial charge in [0.2, 0.25) is 0 Å². The van der Waals surface area contributed by atoms with Gasteiger partial charge in [-0.1, -0.05) is 6.08 Å². The minimum absolute atomic E-state index is 0.0783. The van der Waals surface area contributed by atoms with E-state index in [0.29, 0.717) is 17.0 Å². The number of hydrogen-bond donors (Lipinski definition) is 2. The largest absolute Gasteiger partial charge is 0.494 e. The van der Waals surface area contributed by atoms with Crippen molar-refractivity contribution in [3.05, 3.63) is 53.9 Å². The fraction of sp³-hybridized carbons (Fsp3) is 0.0625. The molecule has 0 spiro atoms. The number of H-pyrrole nitrogens is 1. The van der Waals surface area contributed by atoms with Gasteiger partial charge in [-0.25, -0.2) is 15.0 Å². The van der Waals surface area contributed by atoms with Gasteiger partial charge in [-0.05, 0) is 31.2 Å². The van der Waals surface area contributed by atoms with Crippen LogP contribution >= 0.6 is 0 Å². The highest BCUT2D eigenvalue weighted by Gasteiger charge is 2.27. The Labute approximate surface area is 120 Å². The van der Waals surface area contributed by atoms with Gasteiger partial charge in [0.25, 0.3) is 0 Å². The molecule has 0 saturated carbocycles. The van der Waals surface area contributed by atoms with Crippen molar-refractivity contribution < 1.29 is 5.11 Å². The van der Waals surface area contributed by atoms with E-state index in [1.807, 2.05) is 37.3 Å². The standard InChI is InChI=1S/C16H12N4O/c1-2-9-10-5-3-7-17-14(10)19-13(9)12-11-6-4-8-18-15(11)20-16(12)21/h2-8,21H,1H3,(H,18,20)/b9-2+. The second kappa shape index (κ2) is 4.28. The molecule has 0 saturated heterocycles. The van der Waals surface area contributed by atoms with Crippen LogP contribution in [0.5, 0.6) is 5.88 Å². The Morgan fingerprint density at radius 1 is 1.14 bits per heavy atom. The molecule has 3 aromatic rings. The van der Waals surface area contributed by atoms with Crippen molar-refractivity contribution >= 4 is 28.1 Å². The Balaban J connectivity index is 2.01. The molecule has 102 valence electrons. The van der Waals surface area contributed by atoms with Crippen molar-refractivity contribution in [3.63, 3.8) is 0 Å². The third kappa shape index (κ3) is 1.61. The van der Waals surface area contributed by atoms with E-state index in [9.17, 15) is 5.11 Å². The molecule has 4 rings (SSSR count). The van der Waals surface area contributed by atoms with E-state index in [1.54, 1.807) is 12.4 Å². The van der Waals surface area contributed by atoms with Crippen molar-refractivity contribution in [2.45, 2.75) is 6.92 Å². The van der Waals surface area contributed by atoms with E-state index in [1.165, 1.54) is 0 Å². The van der Waals surface area contributed by atoms with E-state index in [2.05, 4.69) is 19.9 Å². The molecule has 0 unspecified atom stereocenters. The van der Waals surface area contributed by atoms with Crippen molar-refractivity contribution in [1.29, 1.82) is 0 Å². The topological polar surface area (TPSA) is 74.2 Å². The summed E-state index contributed by atoms with van der Waals surface area (Å²) >= 11 is 0. The Bertz CT molecular complexity index is 921. The first-order chi connectivity index (χ1) is 10.3. The van der Waals surface area contributed by atoms with Gasteiger partial charge < -0.3 is 10.1 Å². The highest BCUT2D eigenvalue weighted by Crippen LogP contribution is 2.39. The van der Waals surface area contributed by atoms with Crippen LogP contribution in [0.25, 0.3) is 16.6 Å². The predicted molar refractivity (Wildman–Crippen MR) is 81.8 cm³/mol. The van der Waals surface area contributed by atoms with E-state index < -0.39 is 0 Å². The lowest BCUT2D eigenvalue weighted by Crippen LogP contribution is -1.99. The first kappa shape index (κ1) is 11.8. The van der Waals surface area contributed by atoms with Crippen LogP contribution in [0.2, 0.25) is 0 Å². The summed E-state index contributed by atoms with van der Waals surface area (Å²) in [5.74, 6) is 0.757. The zero-order valence-corrected chi connectivity index (χ0v) is 11.3. The van der Waals surface area contributed by atoms with Gasteiger partial charge in [-0.3, -0.25) is 0 Å². The normalized spacial score (nSPS) is 15.5. The molecule has 5 nitrogen and oxygen atoms in total. The lowest BCUT2D eigenvalue weighted by Gasteiger charge is -2.03. The van der Waals surface area contributed by atoms with E-state index in [0.717, 1.165) is 22.2 Å². The van der Waals surface area contributed by atoms with Crippen LogP contribution in [0.15, 0.2) is 47.7 Å². The van der Waals surface area contributed by atoms with E-state index in [4.69, 9.17) is 0 Å². The van der Waals surface area contributed by atoms with Gasteiger partial charge in [-0.2, -0.15) is 0 Å². The van der Waals surface area contributed by atoms with Crippen LogP contribution in [0, 0.1) is 0 Å². The molecule has 0 radical (unpaired) electrons. The smallest absolute Gasteiger partial charge is 0.200 e. The van der Waals surface area contributed by atoms with Crippen LogP contribution in [-0.2, 0) is 0 Å². The van der Waals surface area contributed by atoms with Gasteiger partial charge in [-0.15, -0.1) is 0 Å². The molecule has 21 heavy (non-hydrogen) atoms. The maximum atomic E-state index is 10.3. The van der Waals surface area contributed by atoms with Crippen molar-refractivity contribution in [2.24, 2.45) is 4.99 Å². The minimum atomic E-state index is 0.0783. The summed E-state index contributed by atoms with van der Waals surface area (Å²) in [5, 5.41) is 11.1. The number of aromatic amines is 1. The molecule has 0 amide bonds. The SMILES string of the molecule is C/C=C1/C(c2c(O)[nH]c3ncccc23)=Nc2ncccc21. The van der Waals surface area contributed by atoms with Gasteiger partial charge in [0.1, 0.15) is 5.65 Å². The van der Waals surface area contributed by atoms with Crippen LogP contribution < -0.4 is 0 Å². The Hall–Kier alpha value is -2.95. The maximum absolute atomic E-state index is 10.3. The van der Waals surface area contributed by atoms with Crippen LogP contribution in [-0.4, -0.2) is 25.8 Å². The number of aromatic nitrogens is 3. The third-order valence-electron chi connectivity index (χ3n) is 3.63. The van der Waals surface area contributed by atoms with Gasteiger partial charge in [0, 0.05) is 28.9 Å². The molecule has 4 heterocycles. The highest BCUT2D eigenvalue weighted by molar-refractivity contribution is 6.39. The number of nitrogens with zero attached hydrogens (tertiary/aromatic N) is 3. The third-order valence-corrected chi connectivity index (χ3v) is 3.63. The maximum Gasteiger partial charge on any atom is 0.200 e. The molecule has 0 aliphatic carbocycles. The molecular weight excluding hydrogens is 264 g/mol. The fourth-order valence-electron chi connectivity index (χ4n) is 2.72. The predicted octanol–water partition coefficient (Wildman–Crippen LogP) is 3.20. The number of allylic oxidation sites excluding steroid dienone is 2. The summed E-state index contributed by atoms with van der Waals surface area (Å²) in [7, 11) is 0. The molecule has 0 aromatic carbocycles. The monoisotopic (exact) mass is 276 g/mol. The number of aliphatic imine (C=N–C) groups is 1. The summed E-state index contributed by atoms with van der Waals surface area (Å²) in [5.41, 5.74) is 3.99. The van der Waals surface area contributed by atoms with Crippen molar-refractivity contribution in [2.75, 3.05) is 0 Å². The molecule has 0 atom stereocenters. The zero-order chi connectivity index (χ0) is 14.4. The fourth-order valence-corrected chi connectivity index (χ4v) is 2.72. The van der Waals surface area contributed by atoms with Gasteiger partial charge in [0.05, 0.1) is 11.3 Å². The summed E-state index contributed by atoms with van der Waals surface area (Å²) in [6.07, 6.45) is 5.39. The minimum Gasteiger partial charge on any atom is -0.494 e. The summed E-state index contributed by atoms with van der Waals surface area (Å²) in [4.78, 5) is 16.0. The summed E-state index contributed by atoms with van der Waals surface area (Å²) < 4.78 is 0. The second-order valence-electron chi connectivity index (χ2n) is 4.79. The van der Waals surface area contributed by atoms with Crippen LogP contribution in [0.1, 0.15) is 18.1 Å². The molecule has 0 bridgehead atoms. The van der Waals surface area contributed by atoms with E-state index in [-0.39, 0.29) is 5.88 Å². The quantitative estimate of drug-likeness (QED) is 0.716. The second-order valence-corrected chi connectivity index (χ2v) is 4.79. The number of pyridine rings is 2. The average Bonchev–Trinajstić information content (AvgIpc) is 3.02. The molecule has 1 aliphatic heterocycles. The summed E-state index contributed by atoms with van der Waals surface area (Å²) in [6.45, 7) is 1.96. The molecule has 0 fully saturated rings. The summed E-state index contributed by atoms with van der Waals surface area (Å²) in [6, 6.07) is 7.63. The molecular formula is C16H12N4O. The van der Waals surface area contributed by atoms with E-state index >= 15 is 0 Å². The number of fused-ring (bicyclic) bond motifs is 2. The Kier molecular flexibility index (Phi) is 2.41. The van der Waals surface area contributed by atoms with Gasteiger partial charge in [0.15, 0.2) is 11.7 Å². The average molecular weight is 276 g/mol. The lowest BCUT2D eigenvalue weighted by molar-refractivity contribution is 0.457. The van der Waals surface area contributed by atoms with Crippen molar-refractivity contribution in [1.82, 2.24) is 15.0 Å². The number of rotatable bonds is 1. The number of nitrogens with one attached hydrogen (secondary N) is 1. The first-order valence-electron chi connectivity index (χ1n) is 6.66. The zero-order valence-electron chi connectivity index (χ0n) is 11.3. The number of hydrogen-bond acceptors (Lipinski definition) is 4. The molecule has 3 aromatic heterocycles. The first-order valence-corrected chi connectivity index (χ1v) is 6.66. The molecule has 1 aliphatic rings. The Morgan fingerprint density at radius 3 is 2.81 bits per heavy atom. The highest BCUT2D eigenvalue weighted by atomic mass is 16.3. The van der Waals surface area contributed by atoms with Crippen LogP contribution in [0.3, 0.4) is 0 Å². The Morgan fingerprint density at radius 2 is 1.95 bits per heavy atom. The molecule has 2 N–H and O–H groups in total. The number of aromatic hydroxyl groups is 1.